The van der Waals surface area contributed by atoms with Crippen molar-refractivity contribution in [2.75, 3.05) is 15.3 Å². The van der Waals surface area contributed by atoms with Gasteiger partial charge in [-0.3, -0.25) is 0 Å². The van der Waals surface area contributed by atoms with Gasteiger partial charge in [0.2, 0.25) is 15.3 Å². The molecule has 29 heavy (non-hydrogen) atoms. The molecule has 2 saturated heterocycles. The first-order chi connectivity index (χ1) is 12.7. The average molecular weight is 584 g/mol. The average Bonchev–Trinajstić information content (AvgIpc) is 2.25. The number of rotatable bonds is 6. The lowest BCUT2D eigenvalue weighted by atomic mass is 11.9. The second-order valence-corrected chi connectivity index (χ2v) is 18.6. The molecule has 172 valence electrons. The highest BCUT2D eigenvalue weighted by molar-refractivity contribution is 8.11. The first kappa shape index (κ1) is 25.6. The maximum absolute atomic E-state index is 11.7. The van der Waals surface area contributed by atoms with E-state index in [0.29, 0.717) is 0 Å². The molecule has 2 rings (SSSR count). The van der Waals surface area contributed by atoms with E-state index in [9.17, 15) is 50.5 Å². The molecule has 0 saturated carbocycles. The van der Waals surface area contributed by atoms with Crippen molar-refractivity contribution in [3.05, 3.63) is 0 Å². The van der Waals surface area contributed by atoms with Crippen LogP contribution in [0.25, 0.3) is 0 Å². The summed E-state index contributed by atoms with van der Waals surface area (Å²) in [4.78, 5) is 0. The van der Waals surface area contributed by atoms with Crippen molar-refractivity contribution in [1.29, 1.82) is 0 Å². The van der Waals surface area contributed by atoms with Crippen LogP contribution < -0.4 is 0 Å². The molecule has 0 bridgehead atoms. The highest BCUT2D eigenvalue weighted by Gasteiger charge is 2.45. The normalized spacial score (nSPS) is 27.3. The summed E-state index contributed by atoms with van der Waals surface area (Å²) >= 11 is 0. The summed E-state index contributed by atoms with van der Waals surface area (Å²) in [5.41, 5.74) is 0. The molecule has 0 aromatic rings. The summed E-state index contributed by atoms with van der Waals surface area (Å²) in [6.07, 6.45) is 0. The van der Waals surface area contributed by atoms with E-state index in [0.717, 1.165) is 0 Å². The summed E-state index contributed by atoms with van der Waals surface area (Å²) in [5.74, 6) is 0. The van der Waals surface area contributed by atoms with Crippen LogP contribution in [0.2, 0.25) is 0 Å². The summed E-state index contributed by atoms with van der Waals surface area (Å²) in [6, 6.07) is 0. The fourth-order valence-electron chi connectivity index (χ4n) is 1.29. The number of hydrogen-bond donors (Lipinski definition) is 0. The van der Waals surface area contributed by atoms with Crippen LogP contribution in [-0.4, -0.2) is 65.8 Å². The fourth-order valence-corrected chi connectivity index (χ4v) is 15.3. The van der Waals surface area contributed by atoms with Crippen LogP contribution in [-0.2, 0) is 84.5 Å². The molecule has 0 aromatic carbocycles. The Kier molecular flexibility index (Phi) is 7.08. The highest BCUT2D eigenvalue weighted by atomic mass is 32.3. The number of hydrogen-bond acceptors (Lipinski definition) is 18. The van der Waals surface area contributed by atoms with Crippen molar-refractivity contribution >= 4 is 77.9 Å². The van der Waals surface area contributed by atoms with Gasteiger partial charge in [-0.25, -0.2) is 0 Å². The van der Waals surface area contributed by atoms with Crippen LogP contribution in [0.1, 0.15) is 0 Å². The third-order valence-electron chi connectivity index (χ3n) is 1.91. The van der Waals surface area contributed by atoms with Crippen molar-refractivity contribution < 1.29 is 74.3 Å². The second-order valence-electron chi connectivity index (χ2n) is 4.59. The lowest BCUT2D eigenvalue weighted by molar-refractivity contribution is 0.372. The van der Waals surface area contributed by atoms with E-state index in [1.807, 2.05) is 0 Å². The minimum absolute atomic E-state index is 1.66. The van der Waals surface area contributed by atoms with E-state index in [4.69, 9.17) is 0 Å². The van der Waals surface area contributed by atoms with Crippen molar-refractivity contribution in [3.63, 3.8) is 0 Å². The molecule has 2 aliphatic heterocycles. The maximum atomic E-state index is 11.7. The topological polar surface area (TPSA) is 260 Å². The Hall–Kier alpha value is 0.320. The van der Waals surface area contributed by atoms with E-state index in [2.05, 4.69) is 23.8 Å². The molecule has 0 aliphatic carbocycles. The molecule has 0 amide bonds. The molecule has 2 aliphatic rings. The zero-order chi connectivity index (χ0) is 22.5. The van der Waals surface area contributed by atoms with Gasteiger partial charge in [0.15, 0.2) is 0 Å². The fraction of sp³-hybridized carbons (Fsp3) is 1.00. The van der Waals surface area contributed by atoms with Gasteiger partial charge in [-0.1, -0.05) is 0 Å². The van der Waals surface area contributed by atoms with Gasteiger partial charge in [0.05, 0.1) is 0 Å². The third-order valence-corrected chi connectivity index (χ3v) is 17.2. The second kappa shape index (κ2) is 8.03. The predicted octanol–water partition coefficient (Wildman–Crippen LogP) is -2.58. The molecule has 2 fully saturated rings. The SMILES string of the molecule is O=S1(=O)CS(=O)(=O)OP(OS(=O)(=O)CS(=O)(=O)OP2OS(=O)(=O)CS(=O)(=O)O2)O1. The summed E-state index contributed by atoms with van der Waals surface area (Å²) in [6.45, 7) is 0. The van der Waals surface area contributed by atoms with Gasteiger partial charge < -0.3 is 0 Å². The highest BCUT2D eigenvalue weighted by Crippen LogP contribution is 2.51. The molecule has 0 atom stereocenters. The Bertz CT molecular complexity index is 1130. The van der Waals surface area contributed by atoms with Crippen molar-refractivity contribution in [2.45, 2.75) is 0 Å². The largest absolute Gasteiger partial charge is 0.380 e. The van der Waals surface area contributed by atoms with Gasteiger partial charge in [0.25, 0.3) is 60.7 Å². The van der Waals surface area contributed by atoms with Crippen LogP contribution >= 0.6 is 17.2 Å². The summed E-state index contributed by atoms with van der Waals surface area (Å²) in [5, 5.41) is -5.52. The zero-order valence-electron chi connectivity index (χ0n) is 12.8. The van der Waals surface area contributed by atoms with Crippen LogP contribution in [0, 0.1) is 0 Å². The van der Waals surface area contributed by atoms with Gasteiger partial charge in [0.1, 0.15) is 0 Å². The van der Waals surface area contributed by atoms with Gasteiger partial charge in [-0.05, 0) is 0 Å². The monoisotopic (exact) mass is 584 g/mol. The van der Waals surface area contributed by atoms with Crippen LogP contribution in [0.4, 0.5) is 0 Å². The van der Waals surface area contributed by atoms with Crippen LogP contribution in [0.15, 0.2) is 0 Å². The van der Waals surface area contributed by atoms with Crippen molar-refractivity contribution in [2.24, 2.45) is 0 Å². The van der Waals surface area contributed by atoms with Crippen molar-refractivity contribution in [3.8, 4) is 0 Å². The van der Waals surface area contributed by atoms with Gasteiger partial charge in [-0.15, -0.1) is 0 Å². The zero-order valence-corrected chi connectivity index (χ0v) is 19.5. The van der Waals surface area contributed by atoms with Gasteiger partial charge in [0, 0.05) is 0 Å². The first-order valence-electron chi connectivity index (χ1n) is 5.83. The Labute approximate surface area is 167 Å². The van der Waals surface area contributed by atoms with Gasteiger partial charge in [-0.2, -0.15) is 74.3 Å². The molecule has 18 nitrogen and oxygen atoms in total. The molecular weight excluding hydrogens is 578 g/mol. The van der Waals surface area contributed by atoms with E-state index >= 15 is 0 Å². The molecule has 0 aromatic heterocycles. The lowest BCUT2D eigenvalue weighted by Gasteiger charge is -2.20. The maximum Gasteiger partial charge on any atom is 0.380 e. The Morgan fingerprint density at radius 1 is 0.586 bits per heavy atom. The van der Waals surface area contributed by atoms with E-state index in [1.54, 1.807) is 0 Å². The smallest absolute Gasteiger partial charge is 0.198 e. The quantitative estimate of drug-likeness (QED) is 0.290. The minimum Gasteiger partial charge on any atom is -0.198 e. The minimum atomic E-state index is -5.41. The summed E-state index contributed by atoms with van der Waals surface area (Å²) in [7, 11) is -37.5. The van der Waals surface area contributed by atoms with E-state index in [-0.39, 0.29) is 0 Å². The Morgan fingerprint density at radius 3 is 1.07 bits per heavy atom. The Morgan fingerprint density at radius 2 is 0.828 bits per heavy atom. The van der Waals surface area contributed by atoms with Gasteiger partial charge >= 0.3 is 17.2 Å². The standard InChI is InChI=1S/C3H6O18P2S6/c4-24(5)1-25(6,7)17-22(16-24)20-28(12,13)3-29(14,15)21-23-18-26(8,9)2-27(10,11)19-23/h1-3H2. The Balaban J connectivity index is 2.13. The third kappa shape index (κ3) is 8.40. The lowest BCUT2D eigenvalue weighted by Crippen LogP contribution is -2.28. The molecule has 26 heteroatoms. The molecule has 2 heterocycles. The first-order valence-corrected chi connectivity index (χ1v) is 17.5. The van der Waals surface area contributed by atoms with Crippen molar-refractivity contribution in [1.82, 2.24) is 0 Å². The summed E-state index contributed by atoms with van der Waals surface area (Å²) < 4.78 is 160. The molecule has 0 unspecified atom stereocenters. The van der Waals surface area contributed by atoms with E-state index in [1.165, 1.54) is 0 Å². The van der Waals surface area contributed by atoms with Crippen LogP contribution in [0.5, 0.6) is 0 Å². The van der Waals surface area contributed by atoms with E-state index < -0.39 is 93.2 Å². The molecule has 0 N–H and O–H groups in total. The molecular formula is C3H6O18P2S6. The molecule has 0 radical (unpaired) electrons. The molecule has 0 spiro atoms. The predicted molar refractivity (Wildman–Crippen MR) is 88.5 cm³/mol. The van der Waals surface area contributed by atoms with Crippen LogP contribution in [0.3, 0.4) is 0 Å².